The molecule has 0 saturated carbocycles. The monoisotopic (exact) mass is 189 g/mol. The van der Waals surface area contributed by atoms with E-state index in [1.54, 1.807) is 0 Å². The summed E-state index contributed by atoms with van der Waals surface area (Å²) >= 11 is 0. The maximum absolute atomic E-state index is 11.3. The van der Waals surface area contributed by atoms with Gasteiger partial charge in [-0.25, -0.2) is 0 Å². The lowest BCUT2D eigenvalue weighted by molar-refractivity contribution is -0.143. The van der Waals surface area contributed by atoms with Gasteiger partial charge in [0, 0.05) is 0 Å². The zero-order valence-corrected chi connectivity index (χ0v) is 8.79. The Bertz CT molecular complexity index is 382. The molecule has 1 saturated heterocycles. The molecule has 1 aliphatic heterocycles. The van der Waals surface area contributed by atoms with E-state index in [1.165, 1.54) is 11.1 Å². The molecule has 1 unspecified atom stereocenters. The van der Waals surface area contributed by atoms with Gasteiger partial charge in [-0.05, 0) is 26.3 Å². The highest BCUT2D eigenvalue weighted by Gasteiger charge is 2.47. The molecule has 1 heterocycles. The SMILES string of the molecule is Cc1cccc(C2NC(=O)C2(C)C)c1. The molecule has 1 atom stereocenters. The van der Waals surface area contributed by atoms with Gasteiger partial charge < -0.3 is 5.32 Å². The van der Waals surface area contributed by atoms with Crippen molar-refractivity contribution in [3.8, 4) is 0 Å². The summed E-state index contributed by atoms with van der Waals surface area (Å²) in [5.41, 5.74) is 2.18. The number of carbonyl (C=O) groups is 1. The molecule has 0 aromatic heterocycles. The number of aryl methyl sites for hydroxylation is 1. The predicted molar refractivity (Wildman–Crippen MR) is 55.8 cm³/mol. The van der Waals surface area contributed by atoms with Crippen molar-refractivity contribution in [2.75, 3.05) is 0 Å². The van der Waals surface area contributed by atoms with E-state index in [4.69, 9.17) is 0 Å². The average Bonchev–Trinajstić information content (AvgIpc) is 2.14. The maximum atomic E-state index is 11.3. The minimum atomic E-state index is -0.256. The lowest BCUT2D eigenvalue weighted by Gasteiger charge is -2.44. The van der Waals surface area contributed by atoms with Crippen LogP contribution in [-0.2, 0) is 4.79 Å². The van der Waals surface area contributed by atoms with Crippen LogP contribution >= 0.6 is 0 Å². The molecule has 2 heteroatoms. The van der Waals surface area contributed by atoms with Crippen molar-refractivity contribution in [2.24, 2.45) is 5.41 Å². The van der Waals surface area contributed by atoms with Gasteiger partial charge in [-0.3, -0.25) is 4.79 Å². The second-order valence-corrected chi connectivity index (χ2v) is 4.54. The van der Waals surface area contributed by atoms with E-state index in [1.807, 2.05) is 19.9 Å². The van der Waals surface area contributed by atoms with Crippen molar-refractivity contribution in [1.82, 2.24) is 5.32 Å². The fourth-order valence-electron chi connectivity index (χ4n) is 1.90. The number of rotatable bonds is 1. The van der Waals surface area contributed by atoms with Crippen molar-refractivity contribution >= 4 is 5.91 Å². The summed E-state index contributed by atoms with van der Waals surface area (Å²) in [5.74, 6) is 0.143. The van der Waals surface area contributed by atoms with Gasteiger partial charge in [0.1, 0.15) is 0 Å². The largest absolute Gasteiger partial charge is 0.348 e. The fraction of sp³-hybridized carbons (Fsp3) is 0.417. The van der Waals surface area contributed by atoms with E-state index in [0.717, 1.165) is 0 Å². The van der Waals surface area contributed by atoms with E-state index in [2.05, 4.69) is 30.4 Å². The van der Waals surface area contributed by atoms with Gasteiger partial charge in [0.05, 0.1) is 11.5 Å². The first-order chi connectivity index (χ1) is 6.51. The Morgan fingerprint density at radius 2 is 2.07 bits per heavy atom. The highest BCUT2D eigenvalue weighted by Crippen LogP contribution is 2.41. The third-order valence-electron chi connectivity index (χ3n) is 2.96. The summed E-state index contributed by atoms with van der Waals surface area (Å²) in [4.78, 5) is 11.3. The van der Waals surface area contributed by atoms with Crippen molar-refractivity contribution in [3.63, 3.8) is 0 Å². The molecular formula is C12H15NO. The maximum Gasteiger partial charge on any atom is 0.228 e. The lowest BCUT2D eigenvalue weighted by atomic mass is 9.73. The van der Waals surface area contributed by atoms with Crippen LogP contribution in [0.5, 0.6) is 0 Å². The molecule has 2 nitrogen and oxygen atoms in total. The molecule has 14 heavy (non-hydrogen) atoms. The molecule has 0 spiro atoms. The van der Waals surface area contributed by atoms with Crippen LogP contribution in [0.1, 0.15) is 31.0 Å². The molecule has 1 fully saturated rings. The highest BCUT2D eigenvalue weighted by molar-refractivity contribution is 5.89. The van der Waals surface area contributed by atoms with Crippen LogP contribution < -0.4 is 5.32 Å². The quantitative estimate of drug-likeness (QED) is 0.674. The lowest BCUT2D eigenvalue weighted by Crippen LogP contribution is -2.57. The number of benzene rings is 1. The normalized spacial score (nSPS) is 23.9. The van der Waals surface area contributed by atoms with E-state index >= 15 is 0 Å². The Morgan fingerprint density at radius 3 is 2.57 bits per heavy atom. The first-order valence-electron chi connectivity index (χ1n) is 4.89. The van der Waals surface area contributed by atoms with Crippen LogP contribution in [0.15, 0.2) is 24.3 Å². The minimum absolute atomic E-state index is 0.143. The molecule has 0 bridgehead atoms. The molecule has 0 radical (unpaired) electrons. The Balaban J connectivity index is 2.30. The van der Waals surface area contributed by atoms with Gasteiger partial charge >= 0.3 is 0 Å². The van der Waals surface area contributed by atoms with E-state index in [9.17, 15) is 4.79 Å². The van der Waals surface area contributed by atoms with Crippen LogP contribution in [0.25, 0.3) is 0 Å². The van der Waals surface area contributed by atoms with Gasteiger partial charge in [0.15, 0.2) is 0 Å². The zero-order chi connectivity index (χ0) is 10.3. The first-order valence-corrected chi connectivity index (χ1v) is 4.89. The van der Waals surface area contributed by atoms with Gasteiger partial charge in [-0.15, -0.1) is 0 Å². The molecule has 74 valence electrons. The van der Waals surface area contributed by atoms with Crippen molar-refractivity contribution in [3.05, 3.63) is 35.4 Å². The van der Waals surface area contributed by atoms with E-state index in [0.29, 0.717) is 0 Å². The summed E-state index contributed by atoms with van der Waals surface area (Å²) in [6.07, 6.45) is 0. The Kier molecular flexibility index (Phi) is 1.88. The summed E-state index contributed by atoms with van der Waals surface area (Å²) in [7, 11) is 0. The van der Waals surface area contributed by atoms with Gasteiger partial charge in [0.2, 0.25) is 5.91 Å². The molecule has 1 aromatic rings. The number of hydrogen-bond donors (Lipinski definition) is 1. The van der Waals surface area contributed by atoms with Crippen LogP contribution in [0, 0.1) is 12.3 Å². The minimum Gasteiger partial charge on any atom is -0.348 e. The average molecular weight is 189 g/mol. The molecular weight excluding hydrogens is 174 g/mol. The number of hydrogen-bond acceptors (Lipinski definition) is 1. The Morgan fingerprint density at radius 1 is 1.36 bits per heavy atom. The number of carbonyl (C=O) groups excluding carboxylic acids is 1. The zero-order valence-electron chi connectivity index (χ0n) is 8.79. The number of amides is 1. The highest BCUT2D eigenvalue weighted by atomic mass is 16.2. The molecule has 0 aliphatic carbocycles. The fourth-order valence-corrected chi connectivity index (χ4v) is 1.90. The number of β-lactam (4-membered cyclic amide) rings is 1. The summed E-state index contributed by atoms with van der Waals surface area (Å²) in [6.45, 7) is 6.04. The molecule has 2 rings (SSSR count). The molecule has 1 aliphatic rings. The topological polar surface area (TPSA) is 29.1 Å². The van der Waals surface area contributed by atoms with Crippen molar-refractivity contribution < 1.29 is 4.79 Å². The van der Waals surface area contributed by atoms with Crippen LogP contribution in [0.3, 0.4) is 0 Å². The Labute approximate surface area is 84.3 Å². The second-order valence-electron chi connectivity index (χ2n) is 4.54. The van der Waals surface area contributed by atoms with Crippen LogP contribution in [0.4, 0.5) is 0 Å². The number of nitrogens with one attached hydrogen (secondary N) is 1. The summed E-state index contributed by atoms with van der Waals surface area (Å²) in [6, 6.07) is 8.47. The second kappa shape index (κ2) is 2.84. The Hall–Kier alpha value is -1.31. The third kappa shape index (κ3) is 1.22. The standard InChI is InChI=1S/C12H15NO/c1-8-5-4-6-9(7-8)10-12(2,3)11(14)13-10/h4-7,10H,1-3H3,(H,13,14). The molecule has 1 aromatic carbocycles. The van der Waals surface area contributed by atoms with Crippen LogP contribution in [-0.4, -0.2) is 5.91 Å². The predicted octanol–water partition coefficient (Wildman–Crippen LogP) is 2.19. The summed E-state index contributed by atoms with van der Waals surface area (Å²) in [5, 5.41) is 2.94. The van der Waals surface area contributed by atoms with Gasteiger partial charge in [-0.1, -0.05) is 29.8 Å². The first kappa shape index (κ1) is 9.25. The van der Waals surface area contributed by atoms with E-state index < -0.39 is 0 Å². The summed E-state index contributed by atoms with van der Waals surface area (Å²) < 4.78 is 0. The molecule has 1 amide bonds. The van der Waals surface area contributed by atoms with Gasteiger partial charge in [0.25, 0.3) is 0 Å². The molecule has 1 N–H and O–H groups in total. The van der Waals surface area contributed by atoms with Crippen molar-refractivity contribution in [2.45, 2.75) is 26.8 Å². The third-order valence-corrected chi connectivity index (χ3v) is 2.96. The van der Waals surface area contributed by atoms with E-state index in [-0.39, 0.29) is 17.4 Å². The van der Waals surface area contributed by atoms with Gasteiger partial charge in [-0.2, -0.15) is 0 Å². The van der Waals surface area contributed by atoms with Crippen LogP contribution in [0.2, 0.25) is 0 Å². The van der Waals surface area contributed by atoms with Crippen molar-refractivity contribution in [1.29, 1.82) is 0 Å². The smallest absolute Gasteiger partial charge is 0.228 e.